The number of aryl methyl sites for hydroxylation is 1. The van der Waals surface area contributed by atoms with Gasteiger partial charge in [0.25, 0.3) is 5.91 Å². The second kappa shape index (κ2) is 13.2. The Balaban J connectivity index is 0.000000406. The molecule has 3 aliphatic rings. The highest BCUT2D eigenvalue weighted by Crippen LogP contribution is 2.34. The Hall–Kier alpha value is -4.47. The first kappa shape index (κ1) is 30.0. The van der Waals surface area contributed by atoms with Crippen LogP contribution in [0, 0.1) is 24.7 Å². The molecule has 10 heteroatoms. The van der Waals surface area contributed by atoms with Gasteiger partial charge in [-0.25, -0.2) is 19.3 Å². The van der Waals surface area contributed by atoms with Gasteiger partial charge in [0, 0.05) is 51.1 Å². The van der Waals surface area contributed by atoms with Crippen LogP contribution >= 0.6 is 0 Å². The molecule has 3 saturated heterocycles. The Morgan fingerprint density at radius 1 is 0.860 bits per heavy atom. The summed E-state index contributed by atoms with van der Waals surface area (Å²) in [4.78, 5) is 39.8. The minimum Gasteiger partial charge on any atom is -0.477 e. The van der Waals surface area contributed by atoms with E-state index in [2.05, 4.69) is 37.9 Å². The maximum Gasteiger partial charge on any atom is 0.354 e. The summed E-state index contributed by atoms with van der Waals surface area (Å²) in [6, 6.07) is 19.2. The third kappa shape index (κ3) is 6.63. The average Bonchev–Trinajstić information content (AvgIpc) is 3.82. The third-order valence-electron chi connectivity index (χ3n) is 8.30. The van der Waals surface area contributed by atoms with Gasteiger partial charge in [0.2, 0.25) is 5.82 Å². The summed E-state index contributed by atoms with van der Waals surface area (Å²) < 4.78 is 1.75. The van der Waals surface area contributed by atoms with E-state index in [1.807, 2.05) is 74.3 Å². The van der Waals surface area contributed by atoms with Crippen molar-refractivity contribution in [2.24, 2.45) is 17.8 Å². The van der Waals surface area contributed by atoms with E-state index >= 15 is 0 Å². The van der Waals surface area contributed by atoms with E-state index < -0.39 is 5.97 Å². The van der Waals surface area contributed by atoms with Gasteiger partial charge in [0.1, 0.15) is 5.82 Å². The van der Waals surface area contributed by atoms with Crippen LogP contribution in [0.1, 0.15) is 53.9 Å². The number of carboxylic acid groups (broad SMARTS) is 1. The Labute approximate surface area is 253 Å². The molecular formula is C33H41N7O3. The molecule has 43 heavy (non-hydrogen) atoms. The molecule has 226 valence electrons. The molecule has 7 rings (SSSR count). The predicted octanol–water partition coefficient (Wildman–Crippen LogP) is 4.90. The molecule has 3 fully saturated rings. The molecule has 1 N–H and O–H groups in total. The monoisotopic (exact) mass is 583 g/mol. The van der Waals surface area contributed by atoms with Crippen molar-refractivity contribution in [3.05, 3.63) is 83.9 Å². The van der Waals surface area contributed by atoms with Crippen LogP contribution in [0.4, 0.5) is 11.5 Å². The molecule has 3 unspecified atom stereocenters. The highest BCUT2D eigenvalue weighted by atomic mass is 16.4. The molecule has 6 heterocycles. The van der Waals surface area contributed by atoms with Crippen molar-refractivity contribution in [2.75, 3.05) is 49.1 Å². The number of fused-ring (bicyclic) bond motifs is 2. The van der Waals surface area contributed by atoms with Gasteiger partial charge >= 0.3 is 5.97 Å². The minimum atomic E-state index is -1.03. The molecule has 1 amide bonds. The number of likely N-dealkylation sites (tertiary alicyclic amines) is 1. The first-order valence-corrected chi connectivity index (χ1v) is 15.2. The van der Waals surface area contributed by atoms with Crippen LogP contribution in [0.15, 0.2) is 66.9 Å². The maximum atomic E-state index is 13.3. The molecule has 3 aliphatic heterocycles. The molecule has 3 atom stereocenters. The topological polar surface area (TPSA) is 107 Å². The fourth-order valence-corrected chi connectivity index (χ4v) is 6.16. The lowest BCUT2D eigenvalue weighted by atomic mass is 10.0. The summed E-state index contributed by atoms with van der Waals surface area (Å²) in [5.74, 6) is 1.08. The number of aromatic carboxylic acids is 1. The zero-order valence-corrected chi connectivity index (χ0v) is 25.4. The maximum absolute atomic E-state index is 13.3. The summed E-state index contributed by atoms with van der Waals surface area (Å²) in [6.07, 6.45) is 3.17. The summed E-state index contributed by atoms with van der Waals surface area (Å²) in [5.41, 5.74) is 2.91. The zero-order chi connectivity index (χ0) is 30.5. The fourth-order valence-electron chi connectivity index (χ4n) is 6.16. The van der Waals surface area contributed by atoms with E-state index in [4.69, 9.17) is 0 Å². The van der Waals surface area contributed by atoms with Crippen LogP contribution < -0.4 is 9.80 Å². The number of carboxylic acids is 1. The Morgan fingerprint density at radius 2 is 1.51 bits per heavy atom. The third-order valence-corrected chi connectivity index (χ3v) is 8.30. The van der Waals surface area contributed by atoms with Crippen LogP contribution in [0.25, 0.3) is 5.65 Å². The minimum absolute atomic E-state index is 0.0481. The summed E-state index contributed by atoms with van der Waals surface area (Å²) in [7, 11) is 0. The van der Waals surface area contributed by atoms with Gasteiger partial charge in [0.15, 0.2) is 11.3 Å². The average molecular weight is 584 g/mol. The van der Waals surface area contributed by atoms with E-state index in [1.54, 1.807) is 10.6 Å². The zero-order valence-electron chi connectivity index (χ0n) is 25.4. The number of benzene rings is 1. The second-order valence-corrected chi connectivity index (χ2v) is 11.4. The molecule has 0 bridgehead atoms. The lowest BCUT2D eigenvalue weighted by Crippen LogP contribution is -2.34. The van der Waals surface area contributed by atoms with Crippen molar-refractivity contribution in [3.8, 4) is 0 Å². The fraction of sp³-hybridized carbons (Fsp3) is 0.424. The number of amides is 1. The van der Waals surface area contributed by atoms with Gasteiger partial charge in [-0.15, -0.1) is 5.10 Å². The normalized spacial score (nSPS) is 20.7. The molecule has 0 radical (unpaired) electrons. The SMILES string of the molecule is CC.Cc1cc(N2CCC(C)C2)cn2nc(C(=O)N3CC4CN(c5cccc(C(=O)O)n5)CC4C3)nc12.c1ccccc1. The van der Waals surface area contributed by atoms with Crippen molar-refractivity contribution < 1.29 is 14.7 Å². The number of carbonyl (C=O) groups excluding carboxylic acids is 1. The second-order valence-electron chi connectivity index (χ2n) is 11.4. The number of hydrogen-bond acceptors (Lipinski definition) is 7. The smallest absolute Gasteiger partial charge is 0.354 e. The van der Waals surface area contributed by atoms with Crippen molar-refractivity contribution in [1.29, 1.82) is 0 Å². The Bertz CT molecular complexity index is 1520. The lowest BCUT2D eigenvalue weighted by Gasteiger charge is -2.22. The molecule has 10 nitrogen and oxygen atoms in total. The number of carbonyl (C=O) groups is 2. The van der Waals surface area contributed by atoms with E-state index in [0.29, 0.717) is 36.7 Å². The molecule has 4 aromatic rings. The largest absolute Gasteiger partial charge is 0.477 e. The van der Waals surface area contributed by atoms with Crippen molar-refractivity contribution in [2.45, 2.75) is 34.1 Å². The summed E-state index contributed by atoms with van der Waals surface area (Å²) in [6.45, 7) is 13.1. The molecule has 0 saturated carbocycles. The molecule has 3 aromatic heterocycles. The lowest BCUT2D eigenvalue weighted by molar-refractivity contribution is 0.0689. The number of nitrogens with zero attached hydrogens (tertiary/aromatic N) is 7. The Kier molecular flexibility index (Phi) is 9.23. The summed E-state index contributed by atoms with van der Waals surface area (Å²) in [5, 5.41) is 13.8. The first-order valence-electron chi connectivity index (χ1n) is 15.2. The number of rotatable bonds is 4. The summed E-state index contributed by atoms with van der Waals surface area (Å²) >= 11 is 0. The number of anilines is 2. The molecule has 1 aromatic carbocycles. The highest BCUT2D eigenvalue weighted by Gasteiger charge is 2.43. The quantitative estimate of drug-likeness (QED) is 0.362. The first-order chi connectivity index (χ1) is 20.9. The predicted molar refractivity (Wildman–Crippen MR) is 168 cm³/mol. The number of pyridine rings is 2. The van der Waals surface area contributed by atoms with Gasteiger partial charge in [-0.3, -0.25) is 4.79 Å². The molecule has 0 aliphatic carbocycles. The highest BCUT2D eigenvalue weighted by molar-refractivity contribution is 5.91. The van der Waals surface area contributed by atoms with Crippen LogP contribution in [0.3, 0.4) is 0 Å². The number of hydrogen-bond donors (Lipinski definition) is 1. The van der Waals surface area contributed by atoms with E-state index in [9.17, 15) is 14.7 Å². The van der Waals surface area contributed by atoms with Gasteiger partial charge in [-0.2, -0.15) is 0 Å². The van der Waals surface area contributed by atoms with E-state index in [1.165, 1.54) is 12.5 Å². The Morgan fingerprint density at radius 3 is 2.09 bits per heavy atom. The van der Waals surface area contributed by atoms with Crippen LogP contribution in [0.5, 0.6) is 0 Å². The van der Waals surface area contributed by atoms with E-state index in [-0.39, 0.29) is 17.4 Å². The van der Waals surface area contributed by atoms with Gasteiger partial charge in [-0.05, 0) is 43.0 Å². The molecule has 0 spiro atoms. The van der Waals surface area contributed by atoms with Gasteiger partial charge in [0.05, 0.1) is 11.9 Å². The standard InChI is InChI=1S/C25H29N7O3.C6H6.C2H6/c1-15-6-7-29(9-15)19-8-16(2)23-27-22(28-32(23)14-19)24(33)31-12-17-10-30(11-18(17)13-31)21-5-3-4-20(26-21)25(34)35;1-2-4-6-5-3-1;1-2/h3-5,8,14-15,17-18H,6-7,9-13H2,1-2H3,(H,34,35);1-6H;1-2H3. The van der Waals surface area contributed by atoms with Crippen LogP contribution in [0.2, 0.25) is 0 Å². The van der Waals surface area contributed by atoms with Crippen molar-refractivity contribution >= 4 is 29.0 Å². The van der Waals surface area contributed by atoms with Crippen LogP contribution in [-0.2, 0) is 0 Å². The molecular weight excluding hydrogens is 542 g/mol. The van der Waals surface area contributed by atoms with Gasteiger partial charge in [-0.1, -0.05) is 63.2 Å². The van der Waals surface area contributed by atoms with Crippen molar-refractivity contribution in [1.82, 2.24) is 24.5 Å². The van der Waals surface area contributed by atoms with Crippen LogP contribution in [-0.4, -0.2) is 80.7 Å². The van der Waals surface area contributed by atoms with Crippen molar-refractivity contribution in [3.63, 3.8) is 0 Å². The van der Waals surface area contributed by atoms with E-state index in [0.717, 1.165) is 43.1 Å². The van der Waals surface area contributed by atoms with Gasteiger partial charge < -0.3 is 19.8 Å². The number of aromatic nitrogens is 4.